The highest BCUT2D eigenvalue weighted by atomic mass is 79.9. The Bertz CT molecular complexity index is 669. The standard InChI is InChI=1S/C17H24BrF2NO3S/c1-16(2,3)24-13(22)9-12(21-25(23)17(4,5)6)14-10(18)7-8-11(19)15(14)20/h7-8,12,21H,9H2,1-6H3/t12-,25+/m1/s1. The fourth-order valence-electron chi connectivity index (χ4n) is 1.92. The van der Waals surface area contributed by atoms with Crippen LogP contribution in [0, 0.1) is 11.6 Å². The molecule has 0 aliphatic rings. The van der Waals surface area contributed by atoms with Crippen molar-refractivity contribution in [2.45, 2.75) is 64.4 Å². The molecule has 1 aromatic carbocycles. The van der Waals surface area contributed by atoms with Gasteiger partial charge >= 0.3 is 5.97 Å². The second-order valence-corrected chi connectivity index (χ2v) is 10.5. The van der Waals surface area contributed by atoms with Crippen LogP contribution in [0.3, 0.4) is 0 Å². The van der Waals surface area contributed by atoms with Crippen molar-refractivity contribution in [1.29, 1.82) is 0 Å². The normalized spacial score (nSPS) is 14.9. The molecule has 0 amide bonds. The van der Waals surface area contributed by atoms with Gasteiger partial charge in [-0.1, -0.05) is 15.9 Å². The summed E-state index contributed by atoms with van der Waals surface area (Å²) in [5.41, 5.74) is -0.814. The van der Waals surface area contributed by atoms with E-state index in [1.54, 1.807) is 41.5 Å². The Morgan fingerprint density at radius 2 is 1.80 bits per heavy atom. The van der Waals surface area contributed by atoms with Gasteiger partial charge in [0.2, 0.25) is 0 Å². The molecule has 0 aliphatic carbocycles. The van der Waals surface area contributed by atoms with Gasteiger partial charge in [-0.05, 0) is 53.7 Å². The predicted molar refractivity (Wildman–Crippen MR) is 98.3 cm³/mol. The lowest BCUT2D eigenvalue weighted by Crippen LogP contribution is -2.38. The van der Waals surface area contributed by atoms with Gasteiger partial charge in [0.1, 0.15) is 5.60 Å². The fraction of sp³-hybridized carbons (Fsp3) is 0.588. The van der Waals surface area contributed by atoms with E-state index in [1.165, 1.54) is 6.07 Å². The molecule has 0 saturated carbocycles. The van der Waals surface area contributed by atoms with Crippen LogP contribution < -0.4 is 4.72 Å². The Labute approximate surface area is 158 Å². The van der Waals surface area contributed by atoms with E-state index >= 15 is 0 Å². The van der Waals surface area contributed by atoms with Gasteiger partial charge in [0.15, 0.2) is 11.6 Å². The van der Waals surface area contributed by atoms with Crippen molar-refractivity contribution in [3.05, 3.63) is 33.8 Å². The second kappa shape index (κ2) is 8.22. The Morgan fingerprint density at radius 3 is 2.28 bits per heavy atom. The number of halogens is 3. The molecule has 0 heterocycles. The zero-order valence-corrected chi connectivity index (χ0v) is 17.6. The van der Waals surface area contributed by atoms with Crippen LogP contribution in [0.1, 0.15) is 59.6 Å². The van der Waals surface area contributed by atoms with E-state index in [1.807, 2.05) is 0 Å². The minimum Gasteiger partial charge on any atom is -0.460 e. The fourth-order valence-corrected chi connectivity index (χ4v) is 3.32. The lowest BCUT2D eigenvalue weighted by molar-refractivity contribution is -0.155. The molecule has 0 aliphatic heterocycles. The largest absolute Gasteiger partial charge is 0.460 e. The highest BCUT2D eigenvalue weighted by Gasteiger charge is 2.30. The predicted octanol–water partition coefficient (Wildman–Crippen LogP) is 4.55. The topological polar surface area (TPSA) is 55.4 Å². The van der Waals surface area contributed by atoms with Crippen LogP contribution in [0.5, 0.6) is 0 Å². The van der Waals surface area contributed by atoms with E-state index in [4.69, 9.17) is 4.74 Å². The van der Waals surface area contributed by atoms with Gasteiger partial charge in [0.05, 0.1) is 28.2 Å². The van der Waals surface area contributed by atoms with Crippen molar-refractivity contribution < 1.29 is 22.5 Å². The zero-order valence-electron chi connectivity index (χ0n) is 15.2. The summed E-state index contributed by atoms with van der Waals surface area (Å²) in [6.07, 6.45) is -0.294. The first kappa shape index (κ1) is 22.2. The number of hydrogen-bond donors (Lipinski definition) is 1. The molecule has 0 fully saturated rings. The van der Waals surface area contributed by atoms with Gasteiger partial charge in [-0.3, -0.25) is 4.79 Å². The second-order valence-electron chi connectivity index (χ2n) is 7.60. The molecule has 0 radical (unpaired) electrons. The van der Waals surface area contributed by atoms with Crippen LogP contribution in [-0.4, -0.2) is 20.5 Å². The highest BCUT2D eigenvalue weighted by molar-refractivity contribution is 9.10. The summed E-state index contributed by atoms with van der Waals surface area (Å²) in [5.74, 6) is -2.75. The lowest BCUT2D eigenvalue weighted by Gasteiger charge is -2.26. The number of esters is 1. The van der Waals surface area contributed by atoms with Gasteiger partial charge in [0, 0.05) is 10.0 Å². The molecule has 0 spiro atoms. The van der Waals surface area contributed by atoms with Crippen molar-refractivity contribution >= 4 is 32.9 Å². The van der Waals surface area contributed by atoms with E-state index < -0.39 is 45.0 Å². The molecule has 0 aromatic heterocycles. The third-order valence-electron chi connectivity index (χ3n) is 3.02. The van der Waals surface area contributed by atoms with Crippen LogP contribution in [0.15, 0.2) is 16.6 Å². The third kappa shape index (κ3) is 6.75. The van der Waals surface area contributed by atoms with Crippen molar-refractivity contribution in [3.63, 3.8) is 0 Å². The molecule has 4 nitrogen and oxygen atoms in total. The average molecular weight is 440 g/mol. The first-order chi connectivity index (χ1) is 11.2. The summed E-state index contributed by atoms with van der Waals surface area (Å²) in [6.45, 7) is 10.3. The number of rotatable bonds is 5. The van der Waals surface area contributed by atoms with E-state index in [-0.39, 0.29) is 16.5 Å². The minimum absolute atomic E-state index is 0.0940. The maximum Gasteiger partial charge on any atom is 0.308 e. The van der Waals surface area contributed by atoms with E-state index in [0.717, 1.165) is 6.07 Å². The summed E-state index contributed by atoms with van der Waals surface area (Å²) in [5, 5.41) is 0. The summed E-state index contributed by atoms with van der Waals surface area (Å²) in [6, 6.07) is 1.31. The van der Waals surface area contributed by atoms with Crippen LogP contribution in [0.2, 0.25) is 0 Å². The molecule has 25 heavy (non-hydrogen) atoms. The lowest BCUT2D eigenvalue weighted by atomic mass is 10.0. The van der Waals surface area contributed by atoms with E-state index in [9.17, 15) is 17.8 Å². The minimum atomic E-state index is -1.60. The van der Waals surface area contributed by atoms with Crippen LogP contribution in [-0.2, 0) is 20.5 Å². The summed E-state index contributed by atoms with van der Waals surface area (Å²) < 4.78 is 48.1. The Morgan fingerprint density at radius 1 is 1.24 bits per heavy atom. The Kier molecular flexibility index (Phi) is 7.30. The van der Waals surface area contributed by atoms with E-state index in [2.05, 4.69) is 20.7 Å². The molecule has 1 aromatic rings. The number of carbonyl (C=O) groups is 1. The molecular formula is C17H24BrF2NO3S. The number of carbonyl (C=O) groups excluding carboxylic acids is 1. The SMILES string of the molecule is CC(C)(C)OC(=O)C[C@@H](N[S@@](=O)C(C)(C)C)c1c(Br)ccc(F)c1F. The number of ether oxygens (including phenoxy) is 1. The van der Waals surface area contributed by atoms with Crippen LogP contribution in [0.25, 0.3) is 0 Å². The quantitative estimate of drug-likeness (QED) is 0.540. The molecule has 0 unspecified atom stereocenters. The maximum atomic E-state index is 14.4. The maximum absolute atomic E-state index is 14.4. The third-order valence-corrected chi connectivity index (χ3v) is 5.33. The van der Waals surface area contributed by atoms with Gasteiger partial charge in [-0.15, -0.1) is 0 Å². The smallest absolute Gasteiger partial charge is 0.308 e. The van der Waals surface area contributed by atoms with Gasteiger partial charge in [-0.25, -0.2) is 17.7 Å². The van der Waals surface area contributed by atoms with Crippen LogP contribution in [0.4, 0.5) is 8.78 Å². The van der Waals surface area contributed by atoms with Crippen molar-refractivity contribution in [2.75, 3.05) is 0 Å². The summed E-state index contributed by atoms with van der Waals surface area (Å²) in [7, 11) is -1.60. The van der Waals surface area contributed by atoms with Gasteiger partial charge in [-0.2, -0.15) is 0 Å². The molecule has 1 N–H and O–H groups in total. The average Bonchev–Trinajstić information content (AvgIpc) is 2.40. The number of nitrogens with one attached hydrogen (secondary N) is 1. The molecular weight excluding hydrogens is 416 g/mol. The highest BCUT2D eigenvalue weighted by Crippen LogP contribution is 2.31. The molecule has 0 saturated heterocycles. The first-order valence-corrected chi connectivity index (χ1v) is 9.70. The number of benzene rings is 1. The van der Waals surface area contributed by atoms with E-state index in [0.29, 0.717) is 0 Å². The van der Waals surface area contributed by atoms with Crippen molar-refractivity contribution in [1.82, 2.24) is 4.72 Å². The Balaban J connectivity index is 3.23. The van der Waals surface area contributed by atoms with Crippen molar-refractivity contribution in [3.8, 4) is 0 Å². The molecule has 0 bridgehead atoms. The summed E-state index contributed by atoms with van der Waals surface area (Å²) >= 11 is 3.18. The molecule has 142 valence electrons. The van der Waals surface area contributed by atoms with Gasteiger partial charge < -0.3 is 4.74 Å². The van der Waals surface area contributed by atoms with Crippen LogP contribution >= 0.6 is 15.9 Å². The molecule has 2 atom stereocenters. The van der Waals surface area contributed by atoms with Gasteiger partial charge in [0.25, 0.3) is 0 Å². The van der Waals surface area contributed by atoms with Crippen molar-refractivity contribution in [2.24, 2.45) is 0 Å². The molecule has 8 heteroatoms. The first-order valence-electron chi connectivity index (χ1n) is 7.75. The zero-order chi connectivity index (χ0) is 19.6. The Hall–Kier alpha value is -0.860. The summed E-state index contributed by atoms with van der Waals surface area (Å²) in [4.78, 5) is 12.2. The monoisotopic (exact) mass is 439 g/mol. The molecule has 1 rings (SSSR count). The number of hydrogen-bond acceptors (Lipinski definition) is 3.